The van der Waals surface area contributed by atoms with Crippen LogP contribution in [-0.2, 0) is 42.4 Å². The van der Waals surface area contributed by atoms with Crippen molar-refractivity contribution in [3.05, 3.63) is 195 Å². The summed E-state index contributed by atoms with van der Waals surface area (Å²) < 4.78 is 30.0. The number of aliphatic hydroxyl groups is 1. The molecule has 11 rings (SSSR count). The van der Waals surface area contributed by atoms with Crippen LogP contribution in [0.3, 0.4) is 0 Å². The van der Waals surface area contributed by atoms with Gasteiger partial charge in [-0.3, -0.25) is 34.3 Å². The number of piperazine rings is 1. The van der Waals surface area contributed by atoms with Gasteiger partial charge in [-0.1, -0.05) is 103 Å². The van der Waals surface area contributed by atoms with Crippen LogP contribution in [0, 0.1) is 16.0 Å². The molecule has 17 heteroatoms. The highest BCUT2D eigenvalue weighted by Gasteiger charge is 2.76. The van der Waals surface area contributed by atoms with Gasteiger partial charge in [0.15, 0.2) is 11.5 Å². The molecule has 1 N–H and O–H groups in total. The van der Waals surface area contributed by atoms with E-state index < -0.39 is 64.4 Å². The second-order valence-electron chi connectivity index (χ2n) is 18.3. The number of carbonyl (C=O) groups is 4. The van der Waals surface area contributed by atoms with Crippen LogP contribution in [-0.4, -0.2) is 101 Å². The van der Waals surface area contributed by atoms with Crippen LogP contribution in [0.2, 0.25) is 0 Å². The highest BCUT2D eigenvalue weighted by molar-refractivity contribution is 6.23. The SMILES string of the molecule is O=C1O[C@H](c2ccccc2)[C@H](c2ccccc2)N2[C@H]1[C@@H](C(=O)N1CCN(Cc3ccc4c(c3)OCO4)CC1)[C@]1(C(=O)N(C(=O)OCc3ccc([N+](=O)[O-])cc3)c3ccccc31)[C@H]2c1ccccc1OCCO. The number of aliphatic hydroxyl groups excluding tert-OH is 1. The summed E-state index contributed by atoms with van der Waals surface area (Å²) in [6.07, 6.45) is -1.99. The predicted octanol–water partition coefficient (Wildman–Crippen LogP) is 7.04. The molecule has 0 saturated carbocycles. The number of hydrogen-bond donors (Lipinski definition) is 1. The number of hydrogen-bond acceptors (Lipinski definition) is 14. The van der Waals surface area contributed by atoms with Gasteiger partial charge in [0.25, 0.3) is 5.69 Å². The summed E-state index contributed by atoms with van der Waals surface area (Å²) in [5, 5.41) is 21.5. The second-order valence-corrected chi connectivity index (χ2v) is 18.3. The lowest BCUT2D eigenvalue weighted by Gasteiger charge is -2.46. The van der Waals surface area contributed by atoms with E-state index in [4.69, 9.17) is 23.7 Å². The van der Waals surface area contributed by atoms with Crippen molar-refractivity contribution in [1.29, 1.82) is 0 Å². The van der Waals surface area contributed by atoms with E-state index in [-0.39, 0.29) is 51.1 Å². The van der Waals surface area contributed by atoms with Gasteiger partial charge in [0.05, 0.1) is 35.2 Å². The minimum atomic E-state index is -2.04. The number of fused-ring (bicyclic) bond motifs is 4. The van der Waals surface area contributed by atoms with Crippen LogP contribution < -0.4 is 19.1 Å². The number of non-ortho nitro benzene ring substituents is 1. The van der Waals surface area contributed by atoms with Gasteiger partial charge >= 0.3 is 12.1 Å². The Morgan fingerprint density at radius 2 is 1.42 bits per heavy atom. The van der Waals surface area contributed by atoms with E-state index >= 15 is 14.4 Å². The Labute approximate surface area is 413 Å². The average molecular weight is 972 g/mol. The van der Waals surface area contributed by atoms with E-state index in [1.807, 2.05) is 83.8 Å². The summed E-state index contributed by atoms with van der Waals surface area (Å²) in [5.74, 6) is -1.85. The number of esters is 1. The van der Waals surface area contributed by atoms with Crippen molar-refractivity contribution in [2.45, 2.75) is 42.8 Å². The maximum Gasteiger partial charge on any atom is 0.421 e. The Balaban J connectivity index is 1.07. The highest BCUT2D eigenvalue weighted by Crippen LogP contribution is 2.67. The Morgan fingerprint density at radius 1 is 0.750 bits per heavy atom. The highest BCUT2D eigenvalue weighted by atomic mass is 16.7. The van der Waals surface area contributed by atoms with Crippen LogP contribution in [0.15, 0.2) is 152 Å². The molecule has 0 bridgehead atoms. The average Bonchev–Trinajstić information content (AvgIpc) is 4.09. The minimum Gasteiger partial charge on any atom is -0.491 e. The van der Waals surface area contributed by atoms with Crippen molar-refractivity contribution in [2.24, 2.45) is 5.92 Å². The van der Waals surface area contributed by atoms with Crippen LogP contribution in [0.25, 0.3) is 0 Å². The summed E-state index contributed by atoms with van der Waals surface area (Å²) in [6.45, 7) is 1.39. The third-order valence-electron chi connectivity index (χ3n) is 14.4. The van der Waals surface area contributed by atoms with E-state index in [2.05, 4.69) is 4.90 Å². The molecular formula is C55H49N5O12. The van der Waals surface area contributed by atoms with Gasteiger partial charge < -0.3 is 33.7 Å². The van der Waals surface area contributed by atoms with E-state index in [1.165, 1.54) is 24.3 Å². The molecule has 0 aromatic heterocycles. The third-order valence-corrected chi connectivity index (χ3v) is 14.4. The second kappa shape index (κ2) is 19.2. The van der Waals surface area contributed by atoms with E-state index in [0.29, 0.717) is 59.1 Å². The lowest BCUT2D eigenvalue weighted by molar-refractivity contribution is -0.384. The molecule has 5 aliphatic heterocycles. The molecule has 0 unspecified atom stereocenters. The number of para-hydroxylation sites is 2. The quantitative estimate of drug-likeness (QED) is 0.0746. The maximum absolute atomic E-state index is 16.5. The number of nitro benzene ring substituents is 1. The van der Waals surface area contributed by atoms with E-state index in [0.717, 1.165) is 16.0 Å². The summed E-state index contributed by atoms with van der Waals surface area (Å²) >= 11 is 0. The van der Waals surface area contributed by atoms with Crippen LogP contribution >= 0.6 is 0 Å². The monoisotopic (exact) mass is 971 g/mol. The molecule has 1 spiro atoms. The number of morpholine rings is 1. The largest absolute Gasteiger partial charge is 0.491 e. The Hall–Kier alpha value is -8.12. The number of nitrogens with zero attached hydrogens (tertiary/aromatic N) is 5. The van der Waals surface area contributed by atoms with Crippen molar-refractivity contribution in [3.63, 3.8) is 0 Å². The molecule has 5 heterocycles. The number of benzene rings is 6. The Bertz CT molecular complexity index is 3040. The number of ether oxygens (including phenoxy) is 5. The first-order chi connectivity index (χ1) is 35.2. The molecule has 3 amide bonds. The summed E-state index contributed by atoms with van der Waals surface area (Å²) in [5.41, 5.74) is 1.58. The van der Waals surface area contributed by atoms with Crippen LogP contribution in [0.1, 0.15) is 51.6 Å². The molecule has 6 aromatic rings. The molecule has 3 fully saturated rings. The number of rotatable bonds is 12. The lowest BCUT2D eigenvalue weighted by atomic mass is 9.65. The van der Waals surface area contributed by atoms with Gasteiger partial charge in [-0.25, -0.2) is 9.69 Å². The number of amides is 3. The molecule has 6 aromatic carbocycles. The fourth-order valence-corrected chi connectivity index (χ4v) is 11.3. The van der Waals surface area contributed by atoms with E-state index in [1.54, 1.807) is 53.4 Å². The van der Waals surface area contributed by atoms with Gasteiger partial charge in [-0.05, 0) is 64.2 Å². The molecular weight excluding hydrogens is 923 g/mol. The smallest absolute Gasteiger partial charge is 0.421 e. The van der Waals surface area contributed by atoms with Crippen molar-refractivity contribution < 1.29 is 52.9 Å². The summed E-state index contributed by atoms with van der Waals surface area (Å²) in [6, 6.07) is 40.5. The molecule has 6 atom stereocenters. The first kappa shape index (κ1) is 46.3. The van der Waals surface area contributed by atoms with Crippen molar-refractivity contribution in [3.8, 4) is 17.2 Å². The fraction of sp³-hybridized carbons (Fsp3) is 0.273. The zero-order valence-corrected chi connectivity index (χ0v) is 38.9. The zero-order chi connectivity index (χ0) is 49.5. The first-order valence-electron chi connectivity index (χ1n) is 23.8. The van der Waals surface area contributed by atoms with Gasteiger partial charge in [0.2, 0.25) is 18.6 Å². The summed E-state index contributed by atoms with van der Waals surface area (Å²) in [7, 11) is 0. The Kier molecular flexibility index (Phi) is 12.4. The normalized spacial score (nSPS) is 23.4. The van der Waals surface area contributed by atoms with Crippen LogP contribution in [0.4, 0.5) is 16.2 Å². The number of cyclic esters (lactones) is 1. The predicted molar refractivity (Wildman–Crippen MR) is 259 cm³/mol. The molecule has 3 saturated heterocycles. The fourth-order valence-electron chi connectivity index (χ4n) is 11.3. The van der Waals surface area contributed by atoms with Crippen LogP contribution in [0.5, 0.6) is 17.2 Å². The molecule has 366 valence electrons. The first-order valence-corrected chi connectivity index (χ1v) is 23.8. The minimum absolute atomic E-state index is 0.110. The molecule has 17 nitrogen and oxygen atoms in total. The van der Waals surface area contributed by atoms with Crippen molar-refractivity contribution >= 4 is 35.3 Å². The zero-order valence-electron chi connectivity index (χ0n) is 38.9. The molecule has 0 aliphatic carbocycles. The number of nitro groups is 1. The van der Waals surface area contributed by atoms with E-state index in [9.17, 15) is 20.0 Å². The van der Waals surface area contributed by atoms with Gasteiger partial charge in [-0.2, -0.15) is 0 Å². The van der Waals surface area contributed by atoms with Gasteiger partial charge in [0, 0.05) is 50.4 Å². The molecule has 0 radical (unpaired) electrons. The standard InChI is InChI=1S/C55H49N5O12/c61-29-30-68-43-18-10-7-15-40(43)50-55(41-16-8-9-17-42(41)58(53(55)64)54(65)69-33-35-19-22-39(23-20-35)60(66)67)46(51(62)57-27-25-56(26-28-57)32-36-21-24-44-45(31-36)71-34-70-44)48-52(63)72-49(38-13-5-2-6-14-38)47(59(48)50)37-11-3-1-4-12-37/h1-24,31,46-50,61H,25-30,32-34H2/t46-,47-,48-,49+,50+,55-/m0/s1. The van der Waals surface area contributed by atoms with Crippen molar-refractivity contribution in [2.75, 3.05) is 51.1 Å². The molecule has 72 heavy (non-hydrogen) atoms. The number of carbonyl (C=O) groups excluding carboxylic acids is 4. The van der Waals surface area contributed by atoms with Gasteiger partial charge in [-0.15, -0.1) is 0 Å². The Morgan fingerprint density at radius 3 is 2.15 bits per heavy atom. The number of imide groups is 1. The van der Waals surface area contributed by atoms with Crippen molar-refractivity contribution in [1.82, 2.24) is 14.7 Å². The third kappa shape index (κ3) is 7.95. The topological polar surface area (TPSA) is 191 Å². The molecule has 5 aliphatic rings. The number of anilines is 1. The summed E-state index contributed by atoms with van der Waals surface area (Å²) in [4.78, 5) is 80.8. The van der Waals surface area contributed by atoms with Gasteiger partial charge in [0.1, 0.15) is 36.5 Å². The lowest BCUT2D eigenvalue weighted by Crippen LogP contribution is -2.59. The maximum atomic E-state index is 16.5.